The monoisotopic (exact) mass is 449 g/mol. The maximum Gasteiger partial charge on any atom is 0.416 e. The number of rotatable bonds is 8. The SMILES string of the molecule is COCCCNC(=O)c1cc(NC(=O)c2cccc(C(F)(F)F)c2)ccc1N1CCCC1. The molecule has 2 N–H and O–H groups in total. The van der Waals surface area contributed by atoms with E-state index in [0.717, 1.165) is 43.8 Å². The maximum absolute atomic E-state index is 13.0. The Morgan fingerprint density at radius 1 is 1.06 bits per heavy atom. The van der Waals surface area contributed by atoms with Gasteiger partial charge in [-0.15, -0.1) is 0 Å². The fraction of sp³-hybridized carbons (Fsp3) is 0.391. The Hall–Kier alpha value is -3.07. The molecule has 0 radical (unpaired) electrons. The van der Waals surface area contributed by atoms with Crippen molar-refractivity contribution >= 4 is 23.2 Å². The van der Waals surface area contributed by atoms with Crippen LogP contribution < -0.4 is 15.5 Å². The van der Waals surface area contributed by atoms with Crippen molar-refractivity contribution in [3.63, 3.8) is 0 Å². The van der Waals surface area contributed by atoms with Crippen molar-refractivity contribution < 1.29 is 27.5 Å². The van der Waals surface area contributed by atoms with E-state index in [0.29, 0.717) is 30.8 Å². The number of alkyl halides is 3. The largest absolute Gasteiger partial charge is 0.416 e. The number of nitrogens with zero attached hydrogens (tertiary/aromatic N) is 1. The number of anilines is 2. The highest BCUT2D eigenvalue weighted by molar-refractivity contribution is 6.06. The molecule has 2 amide bonds. The van der Waals surface area contributed by atoms with Gasteiger partial charge in [0.2, 0.25) is 0 Å². The molecule has 3 rings (SSSR count). The summed E-state index contributed by atoms with van der Waals surface area (Å²) in [5.41, 5.74) is 0.493. The van der Waals surface area contributed by atoms with Crippen molar-refractivity contribution in [2.45, 2.75) is 25.4 Å². The molecule has 1 saturated heterocycles. The fourth-order valence-corrected chi connectivity index (χ4v) is 3.58. The minimum absolute atomic E-state index is 0.117. The van der Waals surface area contributed by atoms with Gasteiger partial charge in [-0.1, -0.05) is 6.07 Å². The van der Waals surface area contributed by atoms with Crippen LogP contribution >= 0.6 is 0 Å². The van der Waals surface area contributed by atoms with Gasteiger partial charge in [0.1, 0.15) is 0 Å². The number of amides is 2. The molecule has 6 nitrogen and oxygen atoms in total. The van der Waals surface area contributed by atoms with E-state index in [1.807, 2.05) is 0 Å². The smallest absolute Gasteiger partial charge is 0.385 e. The number of benzene rings is 2. The van der Waals surface area contributed by atoms with Crippen LogP contribution in [0, 0.1) is 0 Å². The van der Waals surface area contributed by atoms with Crippen LogP contribution in [0.3, 0.4) is 0 Å². The zero-order valence-corrected chi connectivity index (χ0v) is 17.8. The first-order valence-electron chi connectivity index (χ1n) is 10.4. The number of halogens is 3. The third kappa shape index (κ3) is 6.00. The van der Waals surface area contributed by atoms with Crippen LogP contribution in [0.15, 0.2) is 42.5 Å². The highest BCUT2D eigenvalue weighted by Crippen LogP contribution is 2.30. The Bertz CT molecular complexity index is 957. The van der Waals surface area contributed by atoms with Crippen LogP contribution in [0.25, 0.3) is 0 Å². The van der Waals surface area contributed by atoms with Crippen LogP contribution in [0.5, 0.6) is 0 Å². The number of nitrogens with one attached hydrogen (secondary N) is 2. The van der Waals surface area contributed by atoms with Crippen LogP contribution in [-0.2, 0) is 10.9 Å². The van der Waals surface area contributed by atoms with Crippen molar-refractivity contribution in [3.05, 3.63) is 59.2 Å². The topological polar surface area (TPSA) is 70.7 Å². The molecule has 0 bridgehead atoms. The van der Waals surface area contributed by atoms with Gasteiger partial charge in [0, 0.05) is 50.3 Å². The highest BCUT2D eigenvalue weighted by Gasteiger charge is 2.31. The average molecular weight is 449 g/mol. The zero-order valence-electron chi connectivity index (χ0n) is 17.8. The van der Waals surface area contributed by atoms with E-state index in [1.165, 1.54) is 12.1 Å². The van der Waals surface area contributed by atoms with Gasteiger partial charge >= 0.3 is 6.18 Å². The maximum atomic E-state index is 13.0. The van der Waals surface area contributed by atoms with Gasteiger partial charge in [-0.3, -0.25) is 9.59 Å². The summed E-state index contributed by atoms with van der Waals surface area (Å²) in [6.07, 6.45) is -1.82. The molecule has 1 aliphatic heterocycles. The Kier molecular flexibility index (Phi) is 7.74. The second-order valence-corrected chi connectivity index (χ2v) is 7.56. The summed E-state index contributed by atoms with van der Waals surface area (Å²) in [5, 5.41) is 5.45. The third-order valence-electron chi connectivity index (χ3n) is 5.21. The molecule has 1 heterocycles. The van der Waals surface area contributed by atoms with E-state index in [1.54, 1.807) is 25.3 Å². The second kappa shape index (κ2) is 10.5. The fourth-order valence-electron chi connectivity index (χ4n) is 3.58. The molecule has 0 saturated carbocycles. The highest BCUT2D eigenvalue weighted by atomic mass is 19.4. The van der Waals surface area contributed by atoms with Crippen molar-refractivity contribution in [2.75, 3.05) is 43.6 Å². The number of ether oxygens (including phenoxy) is 1. The standard InChI is InChI=1S/C23H26F3N3O3/c1-32-13-5-10-27-22(31)19-15-18(8-9-20(19)29-11-2-3-12-29)28-21(30)16-6-4-7-17(14-16)23(24,25)26/h4,6-9,14-15H,2-3,5,10-13H2,1H3,(H,27,31)(H,28,30). The van der Waals surface area contributed by atoms with E-state index in [2.05, 4.69) is 15.5 Å². The number of carbonyl (C=O) groups excluding carboxylic acids is 2. The Morgan fingerprint density at radius 3 is 2.50 bits per heavy atom. The molecule has 0 unspecified atom stereocenters. The molecule has 32 heavy (non-hydrogen) atoms. The summed E-state index contributed by atoms with van der Waals surface area (Å²) < 4.78 is 43.9. The van der Waals surface area contributed by atoms with E-state index < -0.39 is 17.6 Å². The van der Waals surface area contributed by atoms with E-state index in [-0.39, 0.29) is 11.5 Å². The first-order chi connectivity index (χ1) is 15.3. The van der Waals surface area contributed by atoms with Crippen molar-refractivity contribution in [1.29, 1.82) is 0 Å². The van der Waals surface area contributed by atoms with Gasteiger partial charge < -0.3 is 20.3 Å². The molecule has 1 fully saturated rings. The Morgan fingerprint density at radius 2 is 1.81 bits per heavy atom. The van der Waals surface area contributed by atoms with Gasteiger partial charge in [0.15, 0.2) is 0 Å². The number of methoxy groups -OCH3 is 1. The molecule has 0 aromatic heterocycles. The normalized spacial score (nSPS) is 13.8. The van der Waals surface area contributed by atoms with Gasteiger partial charge in [-0.2, -0.15) is 13.2 Å². The van der Waals surface area contributed by atoms with Gasteiger partial charge in [-0.05, 0) is 55.7 Å². The van der Waals surface area contributed by atoms with E-state index in [9.17, 15) is 22.8 Å². The summed E-state index contributed by atoms with van der Waals surface area (Å²) >= 11 is 0. The van der Waals surface area contributed by atoms with Crippen LogP contribution in [0.2, 0.25) is 0 Å². The molecule has 2 aromatic carbocycles. The molecule has 0 aliphatic carbocycles. The van der Waals surface area contributed by atoms with Crippen molar-refractivity contribution in [3.8, 4) is 0 Å². The van der Waals surface area contributed by atoms with Crippen LogP contribution in [0.1, 0.15) is 45.5 Å². The second-order valence-electron chi connectivity index (χ2n) is 7.56. The molecular formula is C23H26F3N3O3. The lowest BCUT2D eigenvalue weighted by molar-refractivity contribution is -0.137. The minimum Gasteiger partial charge on any atom is -0.385 e. The predicted molar refractivity (Wildman–Crippen MR) is 116 cm³/mol. The molecule has 172 valence electrons. The number of hydrogen-bond acceptors (Lipinski definition) is 4. The summed E-state index contributed by atoms with van der Waals surface area (Å²) in [4.78, 5) is 27.5. The first-order valence-corrected chi connectivity index (χ1v) is 10.4. The van der Waals surface area contributed by atoms with Gasteiger partial charge in [0.05, 0.1) is 11.1 Å². The van der Waals surface area contributed by atoms with Crippen molar-refractivity contribution in [2.24, 2.45) is 0 Å². The molecule has 0 atom stereocenters. The minimum atomic E-state index is -4.54. The average Bonchev–Trinajstić information content (AvgIpc) is 3.31. The predicted octanol–water partition coefficient (Wildman–Crippen LogP) is 4.32. The molecule has 1 aliphatic rings. The van der Waals surface area contributed by atoms with Crippen molar-refractivity contribution in [1.82, 2.24) is 5.32 Å². The molecular weight excluding hydrogens is 423 g/mol. The van der Waals surface area contributed by atoms with E-state index in [4.69, 9.17) is 4.74 Å². The quantitative estimate of drug-likeness (QED) is 0.589. The molecule has 0 spiro atoms. The first kappa shape index (κ1) is 23.6. The zero-order chi connectivity index (χ0) is 23.1. The summed E-state index contributed by atoms with van der Waals surface area (Å²) in [5.74, 6) is -0.963. The third-order valence-corrected chi connectivity index (χ3v) is 5.21. The summed E-state index contributed by atoms with van der Waals surface area (Å²) in [7, 11) is 1.59. The summed E-state index contributed by atoms with van der Waals surface area (Å²) in [6, 6.07) is 9.19. The van der Waals surface area contributed by atoms with Crippen LogP contribution in [-0.4, -0.2) is 45.2 Å². The van der Waals surface area contributed by atoms with Gasteiger partial charge in [-0.25, -0.2) is 0 Å². The Labute approximate surface area is 184 Å². The van der Waals surface area contributed by atoms with E-state index >= 15 is 0 Å². The van der Waals surface area contributed by atoms with Gasteiger partial charge in [0.25, 0.3) is 11.8 Å². The number of hydrogen-bond donors (Lipinski definition) is 2. The Balaban J connectivity index is 1.81. The lowest BCUT2D eigenvalue weighted by atomic mass is 10.1. The molecule has 2 aromatic rings. The molecule has 9 heteroatoms. The lowest BCUT2D eigenvalue weighted by Crippen LogP contribution is -2.29. The number of carbonyl (C=O) groups is 2. The summed E-state index contributed by atoms with van der Waals surface area (Å²) in [6.45, 7) is 2.62. The lowest BCUT2D eigenvalue weighted by Gasteiger charge is -2.22. The van der Waals surface area contributed by atoms with Crippen LogP contribution in [0.4, 0.5) is 24.5 Å².